The molecule has 0 radical (unpaired) electrons. The van der Waals surface area contributed by atoms with Crippen LogP contribution in [-0.2, 0) is 6.42 Å². The first-order valence-corrected chi connectivity index (χ1v) is 4.94. The van der Waals surface area contributed by atoms with Crippen LogP contribution in [0.1, 0.15) is 24.5 Å². The van der Waals surface area contributed by atoms with Gasteiger partial charge in [0.15, 0.2) is 0 Å². The van der Waals surface area contributed by atoms with E-state index >= 15 is 0 Å². The average molecular weight is 178 g/mol. The molecule has 0 unspecified atom stereocenters. The van der Waals surface area contributed by atoms with Gasteiger partial charge >= 0.3 is 0 Å². The van der Waals surface area contributed by atoms with E-state index in [1.807, 2.05) is 12.4 Å². The fourth-order valence-electron chi connectivity index (χ4n) is 1.29. The second-order valence-corrected chi connectivity index (χ2v) is 3.37. The van der Waals surface area contributed by atoms with Crippen molar-refractivity contribution in [3.8, 4) is 0 Å². The molecule has 2 heteroatoms. The second-order valence-electron chi connectivity index (χ2n) is 3.37. The summed E-state index contributed by atoms with van der Waals surface area (Å²) in [4.78, 5) is 4.16. The molecule has 0 aliphatic rings. The second kappa shape index (κ2) is 5.70. The molecule has 1 aromatic heterocycles. The molecule has 0 aliphatic carbocycles. The van der Waals surface area contributed by atoms with Crippen molar-refractivity contribution >= 4 is 0 Å². The summed E-state index contributed by atoms with van der Waals surface area (Å²) in [7, 11) is 0. The summed E-state index contributed by atoms with van der Waals surface area (Å²) in [6.07, 6.45) is 6.12. The highest BCUT2D eigenvalue weighted by atomic mass is 14.8. The Labute approximate surface area is 80.4 Å². The van der Waals surface area contributed by atoms with E-state index in [0.29, 0.717) is 0 Å². The molecule has 0 aliphatic heterocycles. The first-order valence-electron chi connectivity index (χ1n) is 4.94. The quantitative estimate of drug-likeness (QED) is 0.697. The first-order chi connectivity index (χ1) is 6.33. The van der Waals surface area contributed by atoms with Crippen molar-refractivity contribution in [2.24, 2.45) is 0 Å². The van der Waals surface area contributed by atoms with Crippen molar-refractivity contribution in [2.45, 2.75) is 26.7 Å². The van der Waals surface area contributed by atoms with Gasteiger partial charge in [0.2, 0.25) is 0 Å². The lowest BCUT2D eigenvalue weighted by Gasteiger charge is -2.03. The van der Waals surface area contributed by atoms with E-state index in [-0.39, 0.29) is 0 Å². The van der Waals surface area contributed by atoms with Crippen molar-refractivity contribution in [3.05, 3.63) is 29.6 Å². The highest BCUT2D eigenvalue weighted by Gasteiger charge is 1.93. The van der Waals surface area contributed by atoms with Crippen LogP contribution in [0.25, 0.3) is 0 Å². The molecule has 1 aromatic rings. The molecular weight excluding hydrogens is 160 g/mol. The number of aryl methyl sites for hydroxylation is 1. The summed E-state index contributed by atoms with van der Waals surface area (Å²) in [5.74, 6) is 0. The third kappa shape index (κ3) is 4.04. The lowest BCUT2D eigenvalue weighted by molar-refractivity contribution is 0.670. The minimum Gasteiger partial charge on any atom is -0.316 e. The van der Waals surface area contributed by atoms with E-state index < -0.39 is 0 Å². The minimum atomic E-state index is 1.05. The molecule has 0 saturated carbocycles. The normalized spacial score (nSPS) is 10.3. The monoisotopic (exact) mass is 178 g/mol. The van der Waals surface area contributed by atoms with Gasteiger partial charge in [0.05, 0.1) is 0 Å². The maximum Gasteiger partial charge on any atom is 0.0300 e. The zero-order valence-electron chi connectivity index (χ0n) is 8.51. The van der Waals surface area contributed by atoms with Crippen molar-refractivity contribution in [1.82, 2.24) is 10.3 Å². The number of nitrogens with one attached hydrogen (secondary N) is 1. The highest BCUT2D eigenvalue weighted by molar-refractivity contribution is 5.16. The standard InChI is InChI=1S/C11H18N2/c1-3-5-12-6-4-11-7-10(2)8-13-9-11/h7-9,12H,3-6H2,1-2H3. The van der Waals surface area contributed by atoms with Crippen LogP contribution in [0, 0.1) is 6.92 Å². The lowest BCUT2D eigenvalue weighted by atomic mass is 10.1. The first kappa shape index (κ1) is 10.2. The summed E-state index contributed by atoms with van der Waals surface area (Å²) in [5.41, 5.74) is 2.57. The van der Waals surface area contributed by atoms with Crippen LogP contribution in [0.2, 0.25) is 0 Å². The van der Waals surface area contributed by atoms with Gasteiger partial charge in [0, 0.05) is 12.4 Å². The molecule has 1 N–H and O–H groups in total. The van der Waals surface area contributed by atoms with Crippen molar-refractivity contribution in [3.63, 3.8) is 0 Å². The molecule has 0 atom stereocenters. The molecular formula is C11H18N2. The van der Waals surface area contributed by atoms with Crippen LogP contribution in [0.3, 0.4) is 0 Å². The Morgan fingerprint density at radius 3 is 2.85 bits per heavy atom. The fraction of sp³-hybridized carbons (Fsp3) is 0.545. The van der Waals surface area contributed by atoms with E-state index in [0.717, 1.165) is 19.5 Å². The van der Waals surface area contributed by atoms with E-state index in [2.05, 4.69) is 30.2 Å². The van der Waals surface area contributed by atoms with Gasteiger partial charge in [0.25, 0.3) is 0 Å². The molecule has 0 amide bonds. The summed E-state index contributed by atoms with van der Waals surface area (Å²) in [6, 6.07) is 2.20. The fourth-order valence-corrected chi connectivity index (χ4v) is 1.29. The number of pyridine rings is 1. The Balaban J connectivity index is 2.28. The van der Waals surface area contributed by atoms with E-state index in [9.17, 15) is 0 Å². The van der Waals surface area contributed by atoms with Crippen LogP contribution in [-0.4, -0.2) is 18.1 Å². The highest BCUT2D eigenvalue weighted by Crippen LogP contribution is 2.00. The molecule has 2 nitrogen and oxygen atoms in total. The third-order valence-electron chi connectivity index (χ3n) is 1.95. The van der Waals surface area contributed by atoms with Crippen LogP contribution >= 0.6 is 0 Å². The van der Waals surface area contributed by atoms with Gasteiger partial charge in [-0.25, -0.2) is 0 Å². The molecule has 0 saturated heterocycles. The zero-order valence-corrected chi connectivity index (χ0v) is 8.51. The molecule has 0 fully saturated rings. The predicted octanol–water partition coefficient (Wildman–Crippen LogP) is 1.93. The number of nitrogens with zero attached hydrogens (tertiary/aromatic N) is 1. The number of aromatic nitrogens is 1. The molecule has 0 aromatic carbocycles. The van der Waals surface area contributed by atoms with Crippen LogP contribution < -0.4 is 5.32 Å². The van der Waals surface area contributed by atoms with Crippen molar-refractivity contribution < 1.29 is 0 Å². The Morgan fingerprint density at radius 2 is 2.15 bits per heavy atom. The van der Waals surface area contributed by atoms with Crippen molar-refractivity contribution in [1.29, 1.82) is 0 Å². The van der Waals surface area contributed by atoms with Gasteiger partial charge in [-0.3, -0.25) is 4.98 Å². The Morgan fingerprint density at radius 1 is 1.31 bits per heavy atom. The summed E-state index contributed by atoms with van der Waals surface area (Å²) < 4.78 is 0. The van der Waals surface area contributed by atoms with Crippen molar-refractivity contribution in [2.75, 3.05) is 13.1 Å². The minimum absolute atomic E-state index is 1.05. The van der Waals surface area contributed by atoms with Gasteiger partial charge in [-0.05, 0) is 44.0 Å². The third-order valence-corrected chi connectivity index (χ3v) is 1.95. The van der Waals surface area contributed by atoms with E-state index in [1.165, 1.54) is 17.5 Å². The SMILES string of the molecule is CCCNCCc1cncc(C)c1. The zero-order chi connectivity index (χ0) is 9.52. The van der Waals surface area contributed by atoms with Gasteiger partial charge in [-0.1, -0.05) is 13.0 Å². The van der Waals surface area contributed by atoms with Crippen LogP contribution in [0.4, 0.5) is 0 Å². The summed E-state index contributed by atoms with van der Waals surface area (Å²) >= 11 is 0. The van der Waals surface area contributed by atoms with E-state index in [4.69, 9.17) is 0 Å². The van der Waals surface area contributed by atoms with Gasteiger partial charge in [-0.2, -0.15) is 0 Å². The Kier molecular flexibility index (Phi) is 4.47. The molecule has 72 valence electrons. The summed E-state index contributed by atoms with van der Waals surface area (Å²) in [6.45, 7) is 6.43. The smallest absolute Gasteiger partial charge is 0.0300 e. The maximum absolute atomic E-state index is 4.16. The van der Waals surface area contributed by atoms with E-state index in [1.54, 1.807) is 0 Å². The van der Waals surface area contributed by atoms with Gasteiger partial charge in [0.1, 0.15) is 0 Å². The lowest BCUT2D eigenvalue weighted by Crippen LogP contribution is -2.17. The average Bonchev–Trinajstić information content (AvgIpc) is 2.13. The van der Waals surface area contributed by atoms with Gasteiger partial charge in [-0.15, -0.1) is 0 Å². The molecule has 1 rings (SSSR count). The molecule has 1 heterocycles. The Hall–Kier alpha value is -0.890. The molecule has 13 heavy (non-hydrogen) atoms. The molecule has 0 bridgehead atoms. The van der Waals surface area contributed by atoms with Crippen LogP contribution in [0.5, 0.6) is 0 Å². The Bertz CT molecular complexity index is 246. The van der Waals surface area contributed by atoms with Crippen LogP contribution in [0.15, 0.2) is 18.5 Å². The number of rotatable bonds is 5. The predicted molar refractivity (Wildman–Crippen MR) is 55.8 cm³/mol. The van der Waals surface area contributed by atoms with Gasteiger partial charge < -0.3 is 5.32 Å². The topological polar surface area (TPSA) is 24.9 Å². The molecule has 0 spiro atoms. The largest absolute Gasteiger partial charge is 0.316 e. The summed E-state index contributed by atoms with van der Waals surface area (Å²) in [5, 5.41) is 3.38. The maximum atomic E-state index is 4.16. The number of hydrogen-bond acceptors (Lipinski definition) is 2. The number of hydrogen-bond donors (Lipinski definition) is 1.